The number of hydrogen-bond acceptors (Lipinski definition) is 3. The fraction of sp³-hybridized carbons (Fsp3) is 0.333. The number of benzene rings is 1. The van der Waals surface area contributed by atoms with Crippen LogP contribution < -0.4 is 10.2 Å². The summed E-state index contributed by atoms with van der Waals surface area (Å²) in [6.07, 6.45) is -1.50. The van der Waals surface area contributed by atoms with Gasteiger partial charge >= 0.3 is 6.18 Å². The Balaban J connectivity index is 1.62. The summed E-state index contributed by atoms with van der Waals surface area (Å²) in [6, 6.07) is 10.4. The highest BCUT2D eigenvalue weighted by Gasteiger charge is 2.35. The van der Waals surface area contributed by atoms with Crippen LogP contribution in [0.15, 0.2) is 48.7 Å². The van der Waals surface area contributed by atoms with Crippen molar-refractivity contribution < 1.29 is 18.0 Å². The van der Waals surface area contributed by atoms with Gasteiger partial charge in [0.05, 0.1) is 11.1 Å². The van der Waals surface area contributed by atoms with Crippen molar-refractivity contribution >= 4 is 11.7 Å². The van der Waals surface area contributed by atoms with Gasteiger partial charge in [-0.15, -0.1) is 0 Å². The number of pyridine rings is 1. The van der Waals surface area contributed by atoms with Crippen LogP contribution in [0.25, 0.3) is 0 Å². The van der Waals surface area contributed by atoms with Gasteiger partial charge in [-0.2, -0.15) is 13.2 Å². The molecule has 1 fully saturated rings. The maximum atomic E-state index is 13.0. The van der Waals surface area contributed by atoms with Crippen molar-refractivity contribution in [3.8, 4) is 0 Å². The van der Waals surface area contributed by atoms with Gasteiger partial charge in [0.1, 0.15) is 5.82 Å². The molecule has 25 heavy (non-hydrogen) atoms. The van der Waals surface area contributed by atoms with Gasteiger partial charge in [-0.05, 0) is 37.1 Å². The Morgan fingerprint density at radius 3 is 2.40 bits per heavy atom. The molecule has 1 amide bonds. The number of nitrogens with one attached hydrogen (secondary N) is 1. The average molecular weight is 349 g/mol. The maximum absolute atomic E-state index is 13.0. The fourth-order valence-electron chi connectivity index (χ4n) is 2.99. The minimum absolute atomic E-state index is 0.145. The molecule has 0 aliphatic carbocycles. The number of rotatable bonds is 3. The van der Waals surface area contributed by atoms with Gasteiger partial charge in [0, 0.05) is 25.3 Å². The average Bonchev–Trinajstić information content (AvgIpc) is 2.62. The van der Waals surface area contributed by atoms with E-state index in [4.69, 9.17) is 0 Å². The summed E-state index contributed by atoms with van der Waals surface area (Å²) in [4.78, 5) is 18.7. The van der Waals surface area contributed by atoms with Crippen molar-refractivity contribution in [1.82, 2.24) is 10.3 Å². The van der Waals surface area contributed by atoms with E-state index in [0.717, 1.165) is 11.9 Å². The Kier molecular flexibility index (Phi) is 4.92. The van der Waals surface area contributed by atoms with Crippen LogP contribution in [0.3, 0.4) is 0 Å². The first-order valence-electron chi connectivity index (χ1n) is 8.08. The highest BCUT2D eigenvalue weighted by molar-refractivity contribution is 5.96. The quantitative estimate of drug-likeness (QED) is 0.922. The van der Waals surface area contributed by atoms with Crippen LogP contribution in [0.1, 0.15) is 28.8 Å². The minimum Gasteiger partial charge on any atom is -0.356 e. The first kappa shape index (κ1) is 17.3. The number of aromatic nitrogens is 1. The molecule has 1 N–H and O–H groups in total. The predicted octanol–water partition coefficient (Wildman–Crippen LogP) is 3.50. The van der Waals surface area contributed by atoms with E-state index >= 15 is 0 Å². The molecule has 7 heteroatoms. The van der Waals surface area contributed by atoms with Gasteiger partial charge in [-0.3, -0.25) is 4.79 Å². The third kappa shape index (κ3) is 4.10. The van der Waals surface area contributed by atoms with E-state index in [1.807, 2.05) is 18.2 Å². The van der Waals surface area contributed by atoms with E-state index in [2.05, 4.69) is 15.2 Å². The Labute approximate surface area is 143 Å². The number of halogens is 3. The molecule has 2 aromatic rings. The summed E-state index contributed by atoms with van der Waals surface area (Å²) < 4.78 is 39.1. The van der Waals surface area contributed by atoms with E-state index in [1.54, 1.807) is 6.20 Å². The van der Waals surface area contributed by atoms with Gasteiger partial charge in [0.2, 0.25) is 0 Å². The van der Waals surface area contributed by atoms with Crippen LogP contribution in [0.2, 0.25) is 0 Å². The summed E-state index contributed by atoms with van der Waals surface area (Å²) in [5.74, 6) is 0.193. The number of alkyl halides is 3. The lowest BCUT2D eigenvalue weighted by Crippen LogP contribution is -2.45. The van der Waals surface area contributed by atoms with Crippen LogP contribution in [-0.4, -0.2) is 30.0 Å². The number of carbonyl (C=O) groups is 1. The van der Waals surface area contributed by atoms with Gasteiger partial charge in [0.25, 0.3) is 5.91 Å². The molecule has 1 aromatic carbocycles. The second-order valence-electron chi connectivity index (χ2n) is 5.97. The molecule has 132 valence electrons. The van der Waals surface area contributed by atoms with Gasteiger partial charge in [0.15, 0.2) is 0 Å². The highest BCUT2D eigenvalue weighted by Crippen LogP contribution is 2.32. The fourth-order valence-corrected chi connectivity index (χ4v) is 2.99. The molecule has 1 aliphatic rings. The first-order chi connectivity index (χ1) is 11.9. The van der Waals surface area contributed by atoms with E-state index in [-0.39, 0.29) is 11.6 Å². The first-order valence-corrected chi connectivity index (χ1v) is 8.08. The number of piperidine rings is 1. The van der Waals surface area contributed by atoms with Crippen molar-refractivity contribution in [3.05, 3.63) is 59.8 Å². The summed E-state index contributed by atoms with van der Waals surface area (Å²) >= 11 is 0. The van der Waals surface area contributed by atoms with E-state index in [0.29, 0.717) is 25.9 Å². The summed E-state index contributed by atoms with van der Waals surface area (Å²) in [5.41, 5.74) is -1.24. The zero-order valence-corrected chi connectivity index (χ0v) is 13.5. The largest absolute Gasteiger partial charge is 0.417 e. The smallest absolute Gasteiger partial charge is 0.356 e. The molecule has 1 aliphatic heterocycles. The molecular weight excluding hydrogens is 331 g/mol. The molecule has 0 atom stereocenters. The standard InChI is InChI=1S/C18H18F3N3O/c19-18(20,21)15-6-2-1-5-14(15)17(25)23-13-8-11-24(12-9-13)16-7-3-4-10-22-16/h1-7,10,13H,8-9,11-12H2,(H,23,25). The van der Waals surface area contributed by atoms with E-state index < -0.39 is 17.6 Å². The molecule has 0 spiro atoms. The number of amides is 1. The number of nitrogens with zero attached hydrogens (tertiary/aromatic N) is 2. The zero-order chi connectivity index (χ0) is 17.9. The molecule has 0 saturated carbocycles. The SMILES string of the molecule is O=C(NC1CCN(c2ccccn2)CC1)c1ccccc1C(F)(F)F. The molecule has 1 saturated heterocycles. The number of anilines is 1. The zero-order valence-electron chi connectivity index (χ0n) is 13.5. The van der Waals surface area contributed by atoms with E-state index in [1.165, 1.54) is 18.2 Å². The summed E-state index contributed by atoms with van der Waals surface area (Å²) in [6.45, 7) is 1.39. The van der Waals surface area contributed by atoms with Crippen LogP contribution in [0.4, 0.5) is 19.0 Å². The lowest BCUT2D eigenvalue weighted by Gasteiger charge is -2.33. The van der Waals surface area contributed by atoms with Crippen molar-refractivity contribution in [2.45, 2.75) is 25.1 Å². The van der Waals surface area contributed by atoms with Gasteiger partial charge in [-0.25, -0.2) is 4.98 Å². The Morgan fingerprint density at radius 1 is 1.08 bits per heavy atom. The third-order valence-electron chi connectivity index (χ3n) is 4.28. The van der Waals surface area contributed by atoms with Crippen molar-refractivity contribution in [3.63, 3.8) is 0 Å². The lowest BCUT2D eigenvalue weighted by atomic mass is 10.0. The summed E-state index contributed by atoms with van der Waals surface area (Å²) in [5, 5.41) is 2.73. The van der Waals surface area contributed by atoms with Crippen molar-refractivity contribution in [2.75, 3.05) is 18.0 Å². The molecule has 1 aromatic heterocycles. The molecule has 0 bridgehead atoms. The Bertz CT molecular complexity index is 726. The molecule has 4 nitrogen and oxygen atoms in total. The third-order valence-corrected chi connectivity index (χ3v) is 4.28. The molecule has 3 rings (SSSR count). The van der Waals surface area contributed by atoms with Crippen LogP contribution in [0.5, 0.6) is 0 Å². The van der Waals surface area contributed by atoms with Crippen molar-refractivity contribution in [1.29, 1.82) is 0 Å². The second-order valence-corrected chi connectivity index (χ2v) is 5.97. The Hall–Kier alpha value is -2.57. The topological polar surface area (TPSA) is 45.2 Å². The number of hydrogen-bond donors (Lipinski definition) is 1. The molecular formula is C18H18F3N3O. The van der Waals surface area contributed by atoms with E-state index in [9.17, 15) is 18.0 Å². The van der Waals surface area contributed by atoms with Gasteiger partial charge in [-0.1, -0.05) is 18.2 Å². The lowest BCUT2D eigenvalue weighted by molar-refractivity contribution is -0.137. The second kappa shape index (κ2) is 7.13. The number of carbonyl (C=O) groups excluding carboxylic acids is 1. The molecule has 0 radical (unpaired) electrons. The summed E-state index contributed by atoms with van der Waals surface area (Å²) in [7, 11) is 0. The Morgan fingerprint density at radius 2 is 1.76 bits per heavy atom. The predicted molar refractivity (Wildman–Crippen MR) is 88.4 cm³/mol. The monoisotopic (exact) mass is 349 g/mol. The normalized spacial score (nSPS) is 15.9. The molecule has 0 unspecified atom stereocenters. The highest BCUT2D eigenvalue weighted by atomic mass is 19.4. The molecule has 2 heterocycles. The van der Waals surface area contributed by atoms with Crippen LogP contribution in [0, 0.1) is 0 Å². The van der Waals surface area contributed by atoms with Crippen molar-refractivity contribution in [2.24, 2.45) is 0 Å². The maximum Gasteiger partial charge on any atom is 0.417 e. The van der Waals surface area contributed by atoms with Crippen LogP contribution >= 0.6 is 0 Å². The van der Waals surface area contributed by atoms with Gasteiger partial charge < -0.3 is 10.2 Å². The minimum atomic E-state index is -4.55. The van der Waals surface area contributed by atoms with Crippen LogP contribution in [-0.2, 0) is 6.18 Å².